The lowest BCUT2D eigenvalue weighted by Gasteiger charge is -2.36. The van der Waals surface area contributed by atoms with E-state index in [1.54, 1.807) is 0 Å². The van der Waals surface area contributed by atoms with Crippen LogP contribution in [0.4, 0.5) is 0 Å². The van der Waals surface area contributed by atoms with E-state index in [0.29, 0.717) is 5.92 Å². The highest BCUT2D eigenvalue weighted by atomic mass is 16.4. The predicted octanol–water partition coefficient (Wildman–Crippen LogP) is 1.97. The third-order valence-electron chi connectivity index (χ3n) is 3.07. The molecule has 1 N–H and O–H groups in total. The van der Waals surface area contributed by atoms with Crippen LogP contribution in [0.1, 0.15) is 40.0 Å². The Balaban J connectivity index is 2.74. The molecule has 1 atom stereocenters. The first-order valence-corrected chi connectivity index (χ1v) is 5.45. The number of hydrogen-bond acceptors (Lipinski definition) is 2. The normalized spacial score (nSPS) is 22.6. The standard InChI is InChI=1S/C11H21NO2/c1-9(2)8-11(3,10(13)14)12-6-4-5-7-12/h9H,4-8H2,1-3H3,(H,13,14). The maximum absolute atomic E-state index is 11.3. The van der Waals surface area contributed by atoms with Crippen molar-refractivity contribution in [2.45, 2.75) is 45.6 Å². The minimum absolute atomic E-state index is 0.427. The Morgan fingerprint density at radius 3 is 2.29 bits per heavy atom. The van der Waals surface area contributed by atoms with E-state index in [0.717, 1.165) is 32.4 Å². The molecule has 0 aliphatic carbocycles. The van der Waals surface area contributed by atoms with Crippen LogP contribution in [0, 0.1) is 5.92 Å². The van der Waals surface area contributed by atoms with Gasteiger partial charge in [-0.05, 0) is 45.2 Å². The Morgan fingerprint density at radius 1 is 1.43 bits per heavy atom. The molecular formula is C11H21NO2. The first kappa shape index (κ1) is 11.5. The van der Waals surface area contributed by atoms with Crippen molar-refractivity contribution in [2.24, 2.45) is 5.92 Å². The molecule has 0 amide bonds. The molecule has 0 aromatic rings. The average molecular weight is 199 g/mol. The van der Waals surface area contributed by atoms with Crippen LogP contribution < -0.4 is 0 Å². The van der Waals surface area contributed by atoms with Crippen molar-refractivity contribution in [1.29, 1.82) is 0 Å². The van der Waals surface area contributed by atoms with Gasteiger partial charge in [0.2, 0.25) is 0 Å². The van der Waals surface area contributed by atoms with E-state index in [1.807, 2.05) is 6.92 Å². The second-order valence-corrected chi connectivity index (χ2v) is 4.87. The minimum atomic E-state index is -0.673. The third kappa shape index (κ3) is 2.27. The smallest absolute Gasteiger partial charge is 0.323 e. The molecule has 1 aliphatic heterocycles. The zero-order chi connectivity index (χ0) is 10.8. The Morgan fingerprint density at radius 2 is 1.93 bits per heavy atom. The van der Waals surface area contributed by atoms with Crippen LogP contribution >= 0.6 is 0 Å². The van der Waals surface area contributed by atoms with Crippen LogP contribution in [0.15, 0.2) is 0 Å². The Bertz CT molecular complexity index is 209. The summed E-state index contributed by atoms with van der Waals surface area (Å²) in [7, 11) is 0. The number of aliphatic carboxylic acids is 1. The number of carboxylic acid groups (broad SMARTS) is 1. The van der Waals surface area contributed by atoms with E-state index in [1.165, 1.54) is 0 Å². The molecule has 1 saturated heterocycles. The summed E-state index contributed by atoms with van der Waals surface area (Å²) in [6, 6.07) is 0. The molecule has 0 saturated carbocycles. The maximum Gasteiger partial charge on any atom is 0.323 e. The highest BCUT2D eigenvalue weighted by molar-refractivity contribution is 5.78. The molecule has 3 heteroatoms. The number of carbonyl (C=O) groups is 1. The lowest BCUT2D eigenvalue weighted by molar-refractivity contribution is -0.151. The van der Waals surface area contributed by atoms with Crippen molar-refractivity contribution in [2.75, 3.05) is 13.1 Å². The molecule has 14 heavy (non-hydrogen) atoms. The summed E-state index contributed by atoms with van der Waals surface area (Å²) < 4.78 is 0. The molecule has 1 rings (SSSR count). The average Bonchev–Trinajstić information content (AvgIpc) is 2.53. The molecule has 1 fully saturated rings. The maximum atomic E-state index is 11.3. The van der Waals surface area contributed by atoms with Crippen molar-refractivity contribution in [3.05, 3.63) is 0 Å². The quantitative estimate of drug-likeness (QED) is 0.752. The van der Waals surface area contributed by atoms with Crippen molar-refractivity contribution >= 4 is 5.97 Å². The molecule has 1 heterocycles. The second-order valence-electron chi connectivity index (χ2n) is 4.87. The fourth-order valence-electron chi connectivity index (χ4n) is 2.36. The zero-order valence-corrected chi connectivity index (χ0v) is 9.42. The first-order valence-electron chi connectivity index (χ1n) is 5.45. The molecule has 0 bridgehead atoms. The van der Waals surface area contributed by atoms with Crippen LogP contribution in [0.3, 0.4) is 0 Å². The van der Waals surface area contributed by atoms with Gasteiger partial charge in [0.1, 0.15) is 5.54 Å². The Labute approximate surface area is 86.1 Å². The Kier molecular flexibility index (Phi) is 3.53. The third-order valence-corrected chi connectivity index (χ3v) is 3.07. The molecule has 0 aromatic carbocycles. The summed E-state index contributed by atoms with van der Waals surface area (Å²) >= 11 is 0. The number of likely N-dealkylation sites (tertiary alicyclic amines) is 1. The van der Waals surface area contributed by atoms with Crippen molar-refractivity contribution in [3.63, 3.8) is 0 Å². The van der Waals surface area contributed by atoms with Crippen molar-refractivity contribution < 1.29 is 9.90 Å². The van der Waals surface area contributed by atoms with E-state index >= 15 is 0 Å². The highest BCUT2D eigenvalue weighted by Crippen LogP contribution is 2.28. The van der Waals surface area contributed by atoms with Gasteiger partial charge in [0.15, 0.2) is 0 Å². The summed E-state index contributed by atoms with van der Waals surface area (Å²) in [4.78, 5) is 13.4. The molecular weight excluding hydrogens is 178 g/mol. The van der Waals surface area contributed by atoms with E-state index in [4.69, 9.17) is 0 Å². The minimum Gasteiger partial charge on any atom is -0.480 e. The summed E-state index contributed by atoms with van der Waals surface area (Å²) in [6.07, 6.45) is 3.02. The van der Waals surface area contributed by atoms with Crippen LogP contribution in [0.25, 0.3) is 0 Å². The second kappa shape index (κ2) is 4.30. The molecule has 0 aromatic heterocycles. The Hall–Kier alpha value is -0.570. The fraction of sp³-hybridized carbons (Fsp3) is 0.909. The van der Waals surface area contributed by atoms with E-state index in [9.17, 15) is 9.90 Å². The summed E-state index contributed by atoms with van der Waals surface area (Å²) in [5.74, 6) is -0.246. The van der Waals surface area contributed by atoms with E-state index < -0.39 is 11.5 Å². The summed E-state index contributed by atoms with van der Waals surface area (Å²) in [5, 5.41) is 9.30. The van der Waals surface area contributed by atoms with Crippen LogP contribution in [0.2, 0.25) is 0 Å². The fourth-order valence-corrected chi connectivity index (χ4v) is 2.36. The largest absolute Gasteiger partial charge is 0.480 e. The number of nitrogens with zero attached hydrogens (tertiary/aromatic N) is 1. The molecule has 82 valence electrons. The predicted molar refractivity (Wildman–Crippen MR) is 56.3 cm³/mol. The van der Waals surface area contributed by atoms with Crippen LogP contribution in [-0.2, 0) is 4.79 Å². The lowest BCUT2D eigenvalue weighted by Crippen LogP contribution is -2.51. The van der Waals surface area contributed by atoms with Gasteiger partial charge >= 0.3 is 5.97 Å². The molecule has 1 aliphatic rings. The van der Waals surface area contributed by atoms with Gasteiger partial charge in [-0.2, -0.15) is 0 Å². The topological polar surface area (TPSA) is 40.5 Å². The van der Waals surface area contributed by atoms with Gasteiger partial charge in [0, 0.05) is 0 Å². The molecule has 0 spiro atoms. The van der Waals surface area contributed by atoms with Gasteiger partial charge in [-0.3, -0.25) is 9.69 Å². The van der Waals surface area contributed by atoms with E-state index in [2.05, 4.69) is 18.7 Å². The molecule has 1 unspecified atom stereocenters. The van der Waals surface area contributed by atoms with Crippen molar-refractivity contribution in [1.82, 2.24) is 4.90 Å². The lowest BCUT2D eigenvalue weighted by atomic mass is 9.89. The number of hydrogen-bond donors (Lipinski definition) is 1. The highest BCUT2D eigenvalue weighted by Gasteiger charge is 2.40. The van der Waals surface area contributed by atoms with E-state index in [-0.39, 0.29) is 0 Å². The first-order chi connectivity index (χ1) is 6.47. The summed E-state index contributed by atoms with van der Waals surface area (Å²) in [6.45, 7) is 7.90. The monoisotopic (exact) mass is 199 g/mol. The molecule has 3 nitrogen and oxygen atoms in total. The summed E-state index contributed by atoms with van der Waals surface area (Å²) in [5.41, 5.74) is -0.648. The van der Waals surface area contributed by atoms with Gasteiger partial charge in [-0.25, -0.2) is 0 Å². The van der Waals surface area contributed by atoms with Gasteiger partial charge in [0.25, 0.3) is 0 Å². The SMILES string of the molecule is CC(C)CC(C)(C(=O)O)N1CCCC1. The van der Waals surface area contributed by atoms with Gasteiger partial charge < -0.3 is 5.11 Å². The number of carboxylic acids is 1. The van der Waals surface area contributed by atoms with Gasteiger partial charge in [-0.1, -0.05) is 13.8 Å². The molecule has 0 radical (unpaired) electrons. The van der Waals surface area contributed by atoms with Gasteiger partial charge in [0.05, 0.1) is 0 Å². The zero-order valence-electron chi connectivity index (χ0n) is 9.42. The van der Waals surface area contributed by atoms with Crippen LogP contribution in [0.5, 0.6) is 0 Å². The van der Waals surface area contributed by atoms with Crippen molar-refractivity contribution in [3.8, 4) is 0 Å². The van der Waals surface area contributed by atoms with Crippen LogP contribution in [-0.4, -0.2) is 34.6 Å². The van der Waals surface area contributed by atoms with Gasteiger partial charge in [-0.15, -0.1) is 0 Å². The number of rotatable bonds is 4.